The molecular formula is C16H21F3N2O3. The number of alkyl halides is 3. The predicted octanol–water partition coefficient (Wildman–Crippen LogP) is 2.32. The van der Waals surface area contributed by atoms with Crippen LogP contribution in [-0.4, -0.2) is 57.4 Å². The van der Waals surface area contributed by atoms with Crippen molar-refractivity contribution < 1.29 is 27.4 Å². The maximum Gasteiger partial charge on any atom is 0.401 e. The molecule has 0 saturated carbocycles. The van der Waals surface area contributed by atoms with Crippen LogP contribution in [0.2, 0.25) is 0 Å². The van der Waals surface area contributed by atoms with E-state index in [9.17, 15) is 18.0 Å². The van der Waals surface area contributed by atoms with Gasteiger partial charge in [0.15, 0.2) is 0 Å². The molecule has 2 rings (SSSR count). The molecule has 8 heteroatoms. The zero-order valence-corrected chi connectivity index (χ0v) is 13.7. The molecule has 1 amide bonds. The number of nitrogens with zero attached hydrogens (tertiary/aromatic N) is 1. The third-order valence-electron chi connectivity index (χ3n) is 3.98. The first-order valence-electron chi connectivity index (χ1n) is 7.61. The lowest BCUT2D eigenvalue weighted by Crippen LogP contribution is -2.34. The minimum Gasteiger partial charge on any atom is -0.497 e. The first-order chi connectivity index (χ1) is 11.3. The van der Waals surface area contributed by atoms with Crippen molar-refractivity contribution in [3.63, 3.8) is 0 Å². The Morgan fingerprint density at radius 2 is 2.08 bits per heavy atom. The third kappa shape index (κ3) is 5.02. The number of carbonyl (C=O) groups is 1. The fourth-order valence-electron chi connectivity index (χ4n) is 2.79. The van der Waals surface area contributed by atoms with Gasteiger partial charge in [-0.25, -0.2) is 0 Å². The summed E-state index contributed by atoms with van der Waals surface area (Å²) < 4.78 is 47.4. The molecule has 0 radical (unpaired) electrons. The lowest BCUT2D eigenvalue weighted by atomic mass is 10.1. The molecule has 1 aromatic carbocycles. The second-order valence-electron chi connectivity index (χ2n) is 5.78. The van der Waals surface area contributed by atoms with Crippen LogP contribution in [0, 0.1) is 5.92 Å². The van der Waals surface area contributed by atoms with Crippen LogP contribution in [0.1, 0.15) is 16.8 Å². The average Bonchev–Trinajstić information content (AvgIpc) is 2.97. The van der Waals surface area contributed by atoms with E-state index in [1.807, 2.05) is 0 Å². The Morgan fingerprint density at radius 3 is 2.71 bits per heavy atom. The molecule has 0 bridgehead atoms. The lowest BCUT2D eigenvalue weighted by molar-refractivity contribution is -0.143. The maximum atomic E-state index is 12.4. The van der Waals surface area contributed by atoms with E-state index >= 15 is 0 Å². The molecule has 134 valence electrons. The van der Waals surface area contributed by atoms with Gasteiger partial charge in [-0.2, -0.15) is 13.2 Å². The molecule has 1 aliphatic heterocycles. The summed E-state index contributed by atoms with van der Waals surface area (Å²) in [7, 11) is 2.97. The van der Waals surface area contributed by atoms with E-state index in [4.69, 9.17) is 9.47 Å². The van der Waals surface area contributed by atoms with Crippen LogP contribution < -0.4 is 14.8 Å². The molecule has 1 unspecified atom stereocenters. The number of hydrogen-bond donors (Lipinski definition) is 1. The van der Waals surface area contributed by atoms with Gasteiger partial charge in [-0.3, -0.25) is 9.69 Å². The predicted molar refractivity (Wildman–Crippen MR) is 82.5 cm³/mol. The van der Waals surface area contributed by atoms with Crippen LogP contribution >= 0.6 is 0 Å². The number of halogens is 3. The van der Waals surface area contributed by atoms with Crippen LogP contribution in [0.15, 0.2) is 18.2 Å². The van der Waals surface area contributed by atoms with Gasteiger partial charge in [-0.15, -0.1) is 0 Å². The molecule has 0 aromatic heterocycles. The molecule has 24 heavy (non-hydrogen) atoms. The second kappa shape index (κ2) is 7.74. The van der Waals surface area contributed by atoms with E-state index in [1.54, 1.807) is 18.2 Å². The van der Waals surface area contributed by atoms with Gasteiger partial charge >= 0.3 is 6.18 Å². The highest BCUT2D eigenvalue weighted by Gasteiger charge is 2.34. The molecule has 0 spiro atoms. The van der Waals surface area contributed by atoms with Crippen LogP contribution in [0.5, 0.6) is 11.5 Å². The van der Waals surface area contributed by atoms with Crippen molar-refractivity contribution in [1.82, 2.24) is 10.2 Å². The first kappa shape index (κ1) is 18.4. The van der Waals surface area contributed by atoms with E-state index in [0.29, 0.717) is 43.1 Å². The summed E-state index contributed by atoms with van der Waals surface area (Å²) in [5.41, 5.74) is 0.364. The quantitative estimate of drug-likeness (QED) is 0.859. The minimum atomic E-state index is -4.19. The molecule has 1 aliphatic rings. The first-order valence-corrected chi connectivity index (χ1v) is 7.61. The van der Waals surface area contributed by atoms with Crippen molar-refractivity contribution >= 4 is 5.91 Å². The average molecular weight is 346 g/mol. The Kier molecular flexibility index (Phi) is 5.93. The van der Waals surface area contributed by atoms with Gasteiger partial charge in [0, 0.05) is 19.2 Å². The smallest absolute Gasteiger partial charge is 0.401 e. The fraction of sp³-hybridized carbons (Fsp3) is 0.562. The van der Waals surface area contributed by atoms with Gasteiger partial charge in [-0.05, 0) is 31.0 Å². The van der Waals surface area contributed by atoms with Gasteiger partial charge in [0.2, 0.25) is 0 Å². The van der Waals surface area contributed by atoms with Crippen molar-refractivity contribution in [3.8, 4) is 11.5 Å². The summed E-state index contributed by atoms with van der Waals surface area (Å²) in [4.78, 5) is 13.6. The second-order valence-corrected chi connectivity index (χ2v) is 5.78. The monoisotopic (exact) mass is 346 g/mol. The Labute approximate surface area is 138 Å². The number of ether oxygens (including phenoxy) is 2. The van der Waals surface area contributed by atoms with Crippen molar-refractivity contribution in [3.05, 3.63) is 23.8 Å². The Balaban J connectivity index is 1.88. The molecule has 0 aliphatic carbocycles. The van der Waals surface area contributed by atoms with Crippen molar-refractivity contribution in [2.24, 2.45) is 5.92 Å². The van der Waals surface area contributed by atoms with Gasteiger partial charge in [-0.1, -0.05) is 0 Å². The minimum absolute atomic E-state index is 0.0144. The molecule has 1 saturated heterocycles. The lowest BCUT2D eigenvalue weighted by Gasteiger charge is -2.18. The van der Waals surface area contributed by atoms with Crippen molar-refractivity contribution in [2.45, 2.75) is 12.6 Å². The number of hydrogen-bond acceptors (Lipinski definition) is 4. The van der Waals surface area contributed by atoms with Crippen LogP contribution in [0.4, 0.5) is 13.2 Å². The van der Waals surface area contributed by atoms with Gasteiger partial charge in [0.1, 0.15) is 11.5 Å². The van der Waals surface area contributed by atoms with Crippen molar-refractivity contribution in [1.29, 1.82) is 0 Å². The Bertz CT molecular complexity index is 578. The third-order valence-corrected chi connectivity index (χ3v) is 3.98. The molecule has 1 heterocycles. The van der Waals surface area contributed by atoms with E-state index < -0.39 is 12.7 Å². The SMILES string of the molecule is COc1ccc(C(=O)NCC2CCN(CC(F)(F)F)C2)c(OC)c1. The van der Waals surface area contributed by atoms with Gasteiger partial charge in [0.25, 0.3) is 5.91 Å². The Hall–Kier alpha value is -1.96. The number of amides is 1. The topological polar surface area (TPSA) is 50.8 Å². The molecule has 1 fully saturated rings. The van der Waals surface area contributed by atoms with E-state index in [2.05, 4.69) is 5.32 Å². The molecule has 1 atom stereocenters. The van der Waals surface area contributed by atoms with Crippen molar-refractivity contribution in [2.75, 3.05) is 40.4 Å². The summed E-state index contributed by atoms with van der Waals surface area (Å²) in [5, 5.41) is 2.77. The van der Waals surface area contributed by atoms with Crippen LogP contribution in [0.25, 0.3) is 0 Å². The normalized spacial score (nSPS) is 18.5. The Morgan fingerprint density at radius 1 is 1.33 bits per heavy atom. The summed E-state index contributed by atoms with van der Waals surface area (Å²) in [6, 6.07) is 4.85. The maximum absolute atomic E-state index is 12.4. The number of benzene rings is 1. The molecule has 1 aromatic rings. The molecular weight excluding hydrogens is 325 g/mol. The zero-order valence-electron chi connectivity index (χ0n) is 13.7. The van der Waals surface area contributed by atoms with E-state index in [-0.39, 0.29) is 11.8 Å². The highest BCUT2D eigenvalue weighted by atomic mass is 19.4. The number of likely N-dealkylation sites (tertiary alicyclic amines) is 1. The number of nitrogens with one attached hydrogen (secondary N) is 1. The van der Waals surface area contributed by atoms with E-state index in [1.165, 1.54) is 19.1 Å². The highest BCUT2D eigenvalue weighted by Crippen LogP contribution is 2.25. The zero-order chi connectivity index (χ0) is 17.7. The molecule has 5 nitrogen and oxygen atoms in total. The summed E-state index contributed by atoms with van der Waals surface area (Å²) in [5.74, 6) is 0.656. The summed E-state index contributed by atoms with van der Waals surface area (Å²) in [6.07, 6.45) is -3.55. The molecule has 1 N–H and O–H groups in total. The number of rotatable bonds is 6. The fourth-order valence-corrected chi connectivity index (χ4v) is 2.79. The number of carbonyl (C=O) groups excluding carboxylic acids is 1. The van der Waals surface area contributed by atoms with Crippen LogP contribution in [-0.2, 0) is 0 Å². The van der Waals surface area contributed by atoms with Gasteiger partial charge in [0.05, 0.1) is 26.3 Å². The largest absolute Gasteiger partial charge is 0.497 e. The standard InChI is InChI=1S/C16H21F3N2O3/c1-23-12-3-4-13(14(7-12)24-2)15(22)20-8-11-5-6-21(9-11)10-16(17,18)19/h3-4,7,11H,5-6,8-10H2,1-2H3,(H,20,22). The van der Waals surface area contributed by atoms with Gasteiger partial charge < -0.3 is 14.8 Å². The highest BCUT2D eigenvalue weighted by molar-refractivity contribution is 5.97. The van der Waals surface area contributed by atoms with E-state index in [0.717, 1.165) is 0 Å². The summed E-state index contributed by atoms with van der Waals surface area (Å²) >= 11 is 0. The summed E-state index contributed by atoms with van der Waals surface area (Å²) in [6.45, 7) is 0.164. The number of methoxy groups -OCH3 is 2. The van der Waals surface area contributed by atoms with Crippen LogP contribution in [0.3, 0.4) is 0 Å².